The highest BCUT2D eigenvalue weighted by Gasteiger charge is 2.05. The van der Waals surface area contributed by atoms with Crippen molar-refractivity contribution < 1.29 is 4.79 Å². The highest BCUT2D eigenvalue weighted by molar-refractivity contribution is 5.92. The summed E-state index contributed by atoms with van der Waals surface area (Å²) in [5.74, 6) is 2.51. The zero-order valence-corrected chi connectivity index (χ0v) is 10.3. The Kier molecular flexibility index (Phi) is 5.25. The molecule has 0 aliphatic rings. The molecule has 0 fully saturated rings. The van der Waals surface area contributed by atoms with E-state index in [0.29, 0.717) is 0 Å². The molecule has 3 heteroatoms. The number of hydrogen-bond acceptors (Lipinski definition) is 2. The van der Waals surface area contributed by atoms with Gasteiger partial charge in [-0.2, -0.15) is 0 Å². The third kappa shape index (κ3) is 4.71. The molecule has 0 aromatic heterocycles. The lowest BCUT2D eigenvalue weighted by atomic mass is 10.2. The van der Waals surface area contributed by atoms with E-state index in [1.165, 1.54) is 0 Å². The Labute approximate surface area is 103 Å². The Morgan fingerprint density at radius 1 is 1.53 bits per heavy atom. The summed E-state index contributed by atoms with van der Waals surface area (Å²) < 4.78 is 0. The minimum Gasteiger partial charge on any atom is -0.325 e. The molecule has 90 valence electrons. The average molecular weight is 230 g/mol. The molecule has 3 nitrogen and oxygen atoms in total. The molecular weight excluding hydrogens is 212 g/mol. The lowest BCUT2D eigenvalue weighted by Gasteiger charge is -2.10. The van der Waals surface area contributed by atoms with Crippen LogP contribution in [0.4, 0.5) is 5.69 Å². The molecule has 0 bridgehead atoms. The van der Waals surface area contributed by atoms with E-state index in [4.69, 9.17) is 6.42 Å². The first-order valence-corrected chi connectivity index (χ1v) is 5.71. The molecule has 1 atom stereocenters. The molecule has 0 aliphatic heterocycles. The van der Waals surface area contributed by atoms with Crippen molar-refractivity contribution in [2.24, 2.45) is 0 Å². The van der Waals surface area contributed by atoms with Crippen LogP contribution in [0.5, 0.6) is 0 Å². The first-order chi connectivity index (χ1) is 8.15. The van der Waals surface area contributed by atoms with Crippen LogP contribution in [0.2, 0.25) is 0 Å². The second kappa shape index (κ2) is 6.72. The summed E-state index contributed by atoms with van der Waals surface area (Å²) in [5, 5.41) is 5.82. The van der Waals surface area contributed by atoms with Gasteiger partial charge < -0.3 is 5.32 Å². The predicted molar refractivity (Wildman–Crippen MR) is 70.7 cm³/mol. The molecule has 1 aromatic rings. The van der Waals surface area contributed by atoms with Crippen molar-refractivity contribution in [1.82, 2.24) is 5.32 Å². The first kappa shape index (κ1) is 13.3. The number of nitrogens with one attached hydrogen (secondary N) is 2. The van der Waals surface area contributed by atoms with E-state index in [9.17, 15) is 4.79 Å². The smallest absolute Gasteiger partial charge is 0.238 e. The SMILES string of the molecule is C#CC(CC)NCC(=O)Nc1cccc(C)c1. The van der Waals surface area contributed by atoms with Gasteiger partial charge in [0.25, 0.3) is 0 Å². The first-order valence-electron chi connectivity index (χ1n) is 5.71. The van der Waals surface area contributed by atoms with Gasteiger partial charge in [-0.15, -0.1) is 6.42 Å². The summed E-state index contributed by atoms with van der Waals surface area (Å²) >= 11 is 0. The molecule has 2 N–H and O–H groups in total. The number of rotatable bonds is 5. The Hall–Kier alpha value is -1.79. The highest BCUT2D eigenvalue weighted by atomic mass is 16.1. The molecule has 0 saturated heterocycles. The van der Waals surface area contributed by atoms with E-state index in [0.717, 1.165) is 17.7 Å². The van der Waals surface area contributed by atoms with Gasteiger partial charge in [0.05, 0.1) is 12.6 Å². The van der Waals surface area contributed by atoms with Crippen LogP contribution < -0.4 is 10.6 Å². The van der Waals surface area contributed by atoms with Gasteiger partial charge in [-0.25, -0.2) is 0 Å². The maximum Gasteiger partial charge on any atom is 0.238 e. The fraction of sp³-hybridized carbons (Fsp3) is 0.357. The number of carbonyl (C=O) groups excluding carboxylic acids is 1. The lowest BCUT2D eigenvalue weighted by molar-refractivity contribution is -0.115. The molecule has 0 saturated carbocycles. The lowest BCUT2D eigenvalue weighted by Crippen LogP contribution is -2.34. The fourth-order valence-corrected chi connectivity index (χ4v) is 1.47. The number of benzene rings is 1. The maximum absolute atomic E-state index is 11.6. The Morgan fingerprint density at radius 2 is 2.29 bits per heavy atom. The summed E-state index contributed by atoms with van der Waals surface area (Å²) in [4.78, 5) is 11.6. The Morgan fingerprint density at radius 3 is 2.88 bits per heavy atom. The van der Waals surface area contributed by atoms with E-state index in [1.807, 2.05) is 38.1 Å². The average Bonchev–Trinajstić information content (AvgIpc) is 2.30. The van der Waals surface area contributed by atoms with Crippen LogP contribution in [0.3, 0.4) is 0 Å². The van der Waals surface area contributed by atoms with Gasteiger partial charge >= 0.3 is 0 Å². The molecular formula is C14H18N2O. The Balaban J connectivity index is 2.43. The van der Waals surface area contributed by atoms with Gasteiger partial charge in [-0.05, 0) is 31.0 Å². The summed E-state index contributed by atoms with van der Waals surface area (Å²) in [6, 6.07) is 7.65. The van der Waals surface area contributed by atoms with Crippen LogP contribution in [-0.4, -0.2) is 18.5 Å². The number of carbonyl (C=O) groups is 1. The third-order valence-corrected chi connectivity index (χ3v) is 2.42. The topological polar surface area (TPSA) is 41.1 Å². The van der Waals surface area contributed by atoms with E-state index in [-0.39, 0.29) is 18.5 Å². The fourth-order valence-electron chi connectivity index (χ4n) is 1.47. The van der Waals surface area contributed by atoms with Crippen molar-refractivity contribution >= 4 is 11.6 Å². The molecule has 1 unspecified atom stereocenters. The van der Waals surface area contributed by atoms with Crippen LogP contribution in [0.15, 0.2) is 24.3 Å². The van der Waals surface area contributed by atoms with Crippen molar-refractivity contribution in [1.29, 1.82) is 0 Å². The standard InChI is InChI=1S/C14H18N2O/c1-4-12(5-2)15-10-14(17)16-13-8-6-7-11(3)9-13/h1,6-9,12,15H,5,10H2,2-3H3,(H,16,17). The van der Waals surface area contributed by atoms with Crippen LogP contribution in [0.1, 0.15) is 18.9 Å². The summed E-state index contributed by atoms with van der Waals surface area (Å²) in [7, 11) is 0. The monoisotopic (exact) mass is 230 g/mol. The predicted octanol–water partition coefficient (Wildman–Crippen LogP) is 1.93. The summed E-state index contributed by atoms with van der Waals surface area (Å²) in [5.41, 5.74) is 1.93. The largest absolute Gasteiger partial charge is 0.325 e. The summed E-state index contributed by atoms with van der Waals surface area (Å²) in [6.07, 6.45) is 6.11. The quantitative estimate of drug-likeness (QED) is 0.759. The van der Waals surface area contributed by atoms with Crippen LogP contribution >= 0.6 is 0 Å². The molecule has 0 heterocycles. The number of amides is 1. The molecule has 17 heavy (non-hydrogen) atoms. The van der Waals surface area contributed by atoms with Gasteiger partial charge in [0.2, 0.25) is 5.91 Å². The highest BCUT2D eigenvalue weighted by Crippen LogP contribution is 2.08. The molecule has 1 aromatic carbocycles. The van der Waals surface area contributed by atoms with E-state index >= 15 is 0 Å². The zero-order valence-electron chi connectivity index (χ0n) is 10.3. The second-order valence-electron chi connectivity index (χ2n) is 3.93. The number of anilines is 1. The van der Waals surface area contributed by atoms with Gasteiger partial charge in [-0.3, -0.25) is 10.1 Å². The second-order valence-corrected chi connectivity index (χ2v) is 3.93. The van der Waals surface area contributed by atoms with Crippen molar-refractivity contribution in [3.63, 3.8) is 0 Å². The van der Waals surface area contributed by atoms with Crippen LogP contribution in [0.25, 0.3) is 0 Å². The van der Waals surface area contributed by atoms with Crippen molar-refractivity contribution in [3.8, 4) is 12.3 Å². The minimum atomic E-state index is -0.0794. The van der Waals surface area contributed by atoms with Crippen LogP contribution in [0, 0.1) is 19.3 Å². The van der Waals surface area contributed by atoms with Gasteiger partial charge in [0.1, 0.15) is 0 Å². The molecule has 0 spiro atoms. The maximum atomic E-state index is 11.6. The van der Waals surface area contributed by atoms with Gasteiger partial charge in [0.15, 0.2) is 0 Å². The van der Waals surface area contributed by atoms with Crippen molar-refractivity contribution in [3.05, 3.63) is 29.8 Å². The Bertz CT molecular complexity index is 420. The number of aryl methyl sites for hydroxylation is 1. The molecule has 1 amide bonds. The summed E-state index contributed by atoms with van der Waals surface area (Å²) in [6.45, 7) is 4.20. The van der Waals surface area contributed by atoms with Gasteiger partial charge in [0, 0.05) is 5.69 Å². The minimum absolute atomic E-state index is 0.0433. The molecule has 0 radical (unpaired) electrons. The third-order valence-electron chi connectivity index (χ3n) is 2.42. The molecule has 0 aliphatic carbocycles. The van der Waals surface area contributed by atoms with Crippen molar-refractivity contribution in [2.45, 2.75) is 26.3 Å². The zero-order chi connectivity index (χ0) is 12.7. The van der Waals surface area contributed by atoms with E-state index in [2.05, 4.69) is 16.6 Å². The van der Waals surface area contributed by atoms with E-state index in [1.54, 1.807) is 0 Å². The number of terminal acetylenes is 1. The van der Waals surface area contributed by atoms with E-state index < -0.39 is 0 Å². The molecule has 1 rings (SSSR count). The van der Waals surface area contributed by atoms with Gasteiger partial charge in [-0.1, -0.05) is 25.0 Å². The number of hydrogen-bond donors (Lipinski definition) is 2. The normalized spacial score (nSPS) is 11.6. The van der Waals surface area contributed by atoms with Crippen molar-refractivity contribution in [2.75, 3.05) is 11.9 Å². The van der Waals surface area contributed by atoms with Crippen LogP contribution in [-0.2, 0) is 4.79 Å².